The Morgan fingerprint density at radius 1 is 1.45 bits per heavy atom. The maximum Gasteiger partial charge on any atom is 0.340 e. The van der Waals surface area contributed by atoms with E-state index in [0.29, 0.717) is 12.1 Å². The highest BCUT2D eigenvalue weighted by Crippen LogP contribution is 2.25. The van der Waals surface area contributed by atoms with E-state index in [1.54, 1.807) is 12.1 Å². The van der Waals surface area contributed by atoms with Crippen LogP contribution in [0.15, 0.2) is 18.2 Å². The molecule has 1 aromatic rings. The van der Waals surface area contributed by atoms with Gasteiger partial charge in [-0.05, 0) is 18.6 Å². The van der Waals surface area contributed by atoms with Crippen LogP contribution in [0.1, 0.15) is 23.2 Å². The first-order valence-corrected chi connectivity index (χ1v) is 6.10. The van der Waals surface area contributed by atoms with Gasteiger partial charge in [-0.2, -0.15) is 0 Å². The number of nitrogens with one attached hydrogen (secondary N) is 2. The third-order valence-electron chi connectivity index (χ3n) is 3.08. The molecule has 106 valence electrons. The zero-order valence-corrected chi connectivity index (χ0v) is 10.9. The maximum atomic E-state index is 11.7. The zero-order chi connectivity index (χ0) is 14.7. The fraction of sp³-hybridized carbons (Fsp3) is 0.308. The van der Waals surface area contributed by atoms with Gasteiger partial charge in [-0.3, -0.25) is 14.9 Å². The molecule has 1 fully saturated rings. The van der Waals surface area contributed by atoms with E-state index < -0.39 is 17.9 Å². The number of carbonyl (C=O) groups excluding carboxylic acids is 3. The number of hydrogen-bond acceptors (Lipinski definition) is 6. The van der Waals surface area contributed by atoms with Crippen molar-refractivity contribution in [3.8, 4) is 0 Å². The quantitative estimate of drug-likeness (QED) is 0.415. The molecule has 1 aliphatic heterocycles. The molecule has 0 saturated carbocycles. The summed E-state index contributed by atoms with van der Waals surface area (Å²) in [5, 5.41) is 5.19. The van der Waals surface area contributed by atoms with Crippen molar-refractivity contribution in [1.82, 2.24) is 5.32 Å². The first-order chi connectivity index (χ1) is 9.52. The molecule has 0 bridgehead atoms. The lowest BCUT2D eigenvalue weighted by Crippen LogP contribution is -2.47. The molecular weight excluding hydrogens is 262 g/mol. The van der Waals surface area contributed by atoms with Gasteiger partial charge in [0.2, 0.25) is 11.8 Å². The fourth-order valence-electron chi connectivity index (χ4n) is 2.00. The van der Waals surface area contributed by atoms with E-state index in [1.165, 1.54) is 13.2 Å². The molecule has 0 aromatic heterocycles. The van der Waals surface area contributed by atoms with Crippen molar-refractivity contribution in [2.75, 3.05) is 18.2 Å². The summed E-state index contributed by atoms with van der Waals surface area (Å²) in [5.41, 5.74) is 6.79. The Balaban J connectivity index is 2.20. The van der Waals surface area contributed by atoms with Gasteiger partial charge in [0, 0.05) is 6.42 Å². The Kier molecular flexibility index (Phi) is 3.88. The monoisotopic (exact) mass is 277 g/mol. The minimum atomic E-state index is -0.553. The van der Waals surface area contributed by atoms with E-state index in [-0.39, 0.29) is 23.6 Å². The number of hydrogen-bond donors (Lipinski definition) is 3. The predicted octanol–water partition coefficient (Wildman–Crippen LogP) is 0.272. The number of para-hydroxylation sites is 1. The fourth-order valence-corrected chi connectivity index (χ4v) is 2.00. The van der Waals surface area contributed by atoms with Gasteiger partial charge in [-0.15, -0.1) is 0 Å². The van der Waals surface area contributed by atoms with Crippen LogP contribution in [0.3, 0.4) is 0 Å². The number of esters is 1. The molecule has 1 unspecified atom stereocenters. The molecule has 1 saturated heterocycles. The minimum Gasteiger partial charge on any atom is -0.465 e. The van der Waals surface area contributed by atoms with Crippen molar-refractivity contribution in [1.29, 1.82) is 0 Å². The summed E-state index contributed by atoms with van der Waals surface area (Å²) in [6.07, 6.45) is 0.645. The summed E-state index contributed by atoms with van der Waals surface area (Å²) >= 11 is 0. The number of benzene rings is 1. The maximum absolute atomic E-state index is 11.7. The predicted molar refractivity (Wildman–Crippen MR) is 72.0 cm³/mol. The van der Waals surface area contributed by atoms with Gasteiger partial charge in [0.15, 0.2) is 0 Å². The molecule has 0 aliphatic carbocycles. The molecule has 2 amide bonds. The second-order valence-electron chi connectivity index (χ2n) is 4.41. The van der Waals surface area contributed by atoms with Crippen LogP contribution in [0.5, 0.6) is 0 Å². The Labute approximate surface area is 115 Å². The van der Waals surface area contributed by atoms with E-state index >= 15 is 0 Å². The van der Waals surface area contributed by atoms with E-state index in [0.717, 1.165) is 0 Å². The van der Waals surface area contributed by atoms with E-state index in [1.807, 2.05) is 0 Å². The number of nitrogens with two attached hydrogens (primary N) is 1. The van der Waals surface area contributed by atoms with Crippen LogP contribution in [-0.4, -0.2) is 30.9 Å². The lowest BCUT2D eigenvalue weighted by atomic mass is 10.0. The molecule has 7 nitrogen and oxygen atoms in total. The number of carbonyl (C=O) groups is 3. The molecule has 0 radical (unpaired) electrons. The van der Waals surface area contributed by atoms with Crippen LogP contribution in [0, 0.1) is 0 Å². The van der Waals surface area contributed by atoms with Crippen molar-refractivity contribution in [2.24, 2.45) is 0 Å². The van der Waals surface area contributed by atoms with Gasteiger partial charge in [0.1, 0.15) is 6.04 Å². The average Bonchev–Trinajstić information content (AvgIpc) is 2.43. The second kappa shape index (κ2) is 5.60. The van der Waals surface area contributed by atoms with E-state index in [9.17, 15) is 14.4 Å². The number of nitrogen functional groups attached to an aromatic ring is 1. The van der Waals surface area contributed by atoms with Gasteiger partial charge in [-0.1, -0.05) is 6.07 Å². The van der Waals surface area contributed by atoms with E-state index in [4.69, 9.17) is 5.73 Å². The van der Waals surface area contributed by atoms with Gasteiger partial charge < -0.3 is 15.8 Å². The lowest BCUT2D eigenvalue weighted by Gasteiger charge is -2.23. The second-order valence-corrected chi connectivity index (χ2v) is 4.41. The van der Waals surface area contributed by atoms with Gasteiger partial charge in [-0.25, -0.2) is 4.79 Å². The molecule has 0 spiro atoms. The van der Waals surface area contributed by atoms with Crippen LogP contribution in [0.25, 0.3) is 0 Å². The molecule has 1 heterocycles. The Bertz CT molecular complexity index is 571. The largest absolute Gasteiger partial charge is 0.465 e. The van der Waals surface area contributed by atoms with Crippen molar-refractivity contribution in [2.45, 2.75) is 18.9 Å². The molecule has 7 heteroatoms. The van der Waals surface area contributed by atoms with Gasteiger partial charge in [0.05, 0.1) is 24.0 Å². The van der Waals surface area contributed by atoms with Gasteiger partial charge >= 0.3 is 5.97 Å². The highest BCUT2D eigenvalue weighted by Gasteiger charge is 2.27. The van der Waals surface area contributed by atoms with Crippen LogP contribution in [0.2, 0.25) is 0 Å². The molecule has 20 heavy (non-hydrogen) atoms. The Hall–Kier alpha value is -2.57. The zero-order valence-electron chi connectivity index (χ0n) is 10.9. The molecule has 1 aliphatic rings. The minimum absolute atomic E-state index is 0.212. The molecular formula is C13H15N3O4. The van der Waals surface area contributed by atoms with Crippen LogP contribution in [0.4, 0.5) is 11.4 Å². The molecule has 1 aromatic carbocycles. The topological polar surface area (TPSA) is 111 Å². The number of piperidine rings is 1. The third kappa shape index (κ3) is 2.71. The van der Waals surface area contributed by atoms with Crippen molar-refractivity contribution in [3.63, 3.8) is 0 Å². The Morgan fingerprint density at radius 2 is 2.20 bits per heavy atom. The lowest BCUT2D eigenvalue weighted by molar-refractivity contribution is -0.133. The first-order valence-electron chi connectivity index (χ1n) is 6.10. The number of ether oxygens (including phenoxy) is 1. The number of amides is 2. The summed E-state index contributed by atoms with van der Waals surface area (Å²) in [4.78, 5) is 34.3. The number of rotatable bonds is 3. The molecule has 2 rings (SSSR count). The summed E-state index contributed by atoms with van der Waals surface area (Å²) in [5.74, 6) is -1.23. The smallest absolute Gasteiger partial charge is 0.340 e. The standard InChI is InChI=1S/C13H15N3O4/c1-20-13(19)7-3-2-4-8(11(7)14)15-9-5-6-10(17)16-12(9)18/h2-4,9,15H,5-6,14H2,1H3,(H,16,17,18). The van der Waals surface area contributed by atoms with E-state index in [2.05, 4.69) is 15.4 Å². The average molecular weight is 277 g/mol. The normalized spacial score (nSPS) is 18.4. The SMILES string of the molecule is COC(=O)c1cccc(NC2CCC(=O)NC2=O)c1N. The van der Waals surface area contributed by atoms with Crippen LogP contribution < -0.4 is 16.4 Å². The van der Waals surface area contributed by atoms with Crippen LogP contribution in [-0.2, 0) is 14.3 Å². The number of imide groups is 1. The summed E-state index contributed by atoms with van der Waals surface area (Å²) in [6, 6.07) is 4.28. The van der Waals surface area contributed by atoms with Crippen molar-refractivity contribution < 1.29 is 19.1 Å². The summed E-state index contributed by atoms with van der Waals surface area (Å²) < 4.78 is 4.63. The van der Waals surface area contributed by atoms with Crippen LogP contribution >= 0.6 is 0 Å². The molecule has 4 N–H and O–H groups in total. The summed E-state index contributed by atoms with van der Waals surface area (Å²) in [6.45, 7) is 0. The van der Waals surface area contributed by atoms with Gasteiger partial charge in [0.25, 0.3) is 0 Å². The number of anilines is 2. The number of methoxy groups -OCH3 is 1. The first kappa shape index (κ1) is 13.9. The van der Waals surface area contributed by atoms with Crippen molar-refractivity contribution in [3.05, 3.63) is 23.8 Å². The summed E-state index contributed by atoms with van der Waals surface area (Å²) in [7, 11) is 1.27. The third-order valence-corrected chi connectivity index (χ3v) is 3.08. The highest BCUT2D eigenvalue weighted by atomic mass is 16.5. The van der Waals surface area contributed by atoms with Crippen molar-refractivity contribution >= 4 is 29.2 Å². The highest BCUT2D eigenvalue weighted by molar-refractivity contribution is 6.02. The Morgan fingerprint density at radius 3 is 2.85 bits per heavy atom. The molecule has 1 atom stereocenters.